The van der Waals surface area contributed by atoms with Crippen LogP contribution in [0.25, 0.3) is 0 Å². The zero-order valence-electron chi connectivity index (χ0n) is 9.66. The highest BCUT2D eigenvalue weighted by atomic mass is 31.2. The molecule has 0 aliphatic heterocycles. The number of aromatic nitrogens is 2. The Hall–Kier alpha value is -0.720. The quantitative estimate of drug-likeness (QED) is 0.559. The van der Waals surface area contributed by atoms with Gasteiger partial charge in [0.25, 0.3) is 7.82 Å². The van der Waals surface area contributed by atoms with E-state index in [0.717, 1.165) is 0 Å². The van der Waals surface area contributed by atoms with Crippen LogP contribution in [0.4, 0.5) is 0 Å². The summed E-state index contributed by atoms with van der Waals surface area (Å²) >= 11 is 0. The van der Waals surface area contributed by atoms with Crippen LogP contribution >= 0.6 is 7.82 Å². The Morgan fingerprint density at radius 3 is 2.44 bits per heavy atom. The van der Waals surface area contributed by atoms with E-state index in [1.54, 1.807) is 18.7 Å². The zero-order valence-corrected chi connectivity index (χ0v) is 10.6. The Balaban J connectivity index is 0.000000368. The number of hydrogen-bond donors (Lipinski definition) is 2. The molecular formula is C8H18N3O4P. The van der Waals surface area contributed by atoms with Gasteiger partial charge in [0.05, 0.1) is 27.5 Å². The summed E-state index contributed by atoms with van der Waals surface area (Å²) in [6.45, 7) is 0.549. The molecule has 1 aromatic heterocycles. The molecule has 1 aromatic rings. The first-order valence-corrected chi connectivity index (χ1v) is 6.12. The third-order valence-electron chi connectivity index (χ3n) is 1.42. The van der Waals surface area contributed by atoms with Gasteiger partial charge in [-0.25, -0.2) is 4.98 Å². The third kappa shape index (κ3) is 13.3. The van der Waals surface area contributed by atoms with Gasteiger partial charge in [-0.2, -0.15) is 0 Å². The van der Waals surface area contributed by atoms with Gasteiger partial charge in [-0.05, 0) is 0 Å². The Kier molecular flexibility index (Phi) is 6.47. The van der Waals surface area contributed by atoms with Crippen molar-refractivity contribution in [2.45, 2.75) is 0 Å². The fourth-order valence-electron chi connectivity index (χ4n) is 0.645. The molecule has 0 amide bonds. The first-order chi connectivity index (χ1) is 7.21. The van der Waals surface area contributed by atoms with E-state index in [2.05, 4.69) is 14.5 Å². The van der Waals surface area contributed by atoms with Crippen LogP contribution in [0.1, 0.15) is 0 Å². The Labute approximate surface area is 94.9 Å². The standard InChI is InChI=1S/C5H14NO4P.C3H4N2/c1-6(2,3)4-5-10-11(7,8)9;1-2-5-3-4-1/h4-5H2,1-3H3,(H-,7,8,9);1-3H,(H,4,5). The molecule has 1 atom stereocenters. The average molecular weight is 251 g/mol. The van der Waals surface area contributed by atoms with E-state index in [4.69, 9.17) is 4.89 Å². The van der Waals surface area contributed by atoms with Crippen LogP contribution < -0.4 is 4.89 Å². The molecule has 0 saturated heterocycles. The van der Waals surface area contributed by atoms with Crippen LogP contribution in [0.5, 0.6) is 0 Å². The largest absolute Gasteiger partial charge is 0.756 e. The summed E-state index contributed by atoms with van der Waals surface area (Å²) in [5.74, 6) is 0. The SMILES string of the molecule is C[N+](C)(C)CCOP(=O)([O-])O.c1c[nH]cn1. The summed E-state index contributed by atoms with van der Waals surface area (Å²) in [6.07, 6.45) is 5.08. The molecule has 0 fully saturated rings. The molecule has 7 nitrogen and oxygen atoms in total. The summed E-state index contributed by atoms with van der Waals surface area (Å²) in [6, 6.07) is 0. The number of rotatable bonds is 4. The highest BCUT2D eigenvalue weighted by Crippen LogP contribution is 2.29. The number of quaternary nitrogens is 1. The highest BCUT2D eigenvalue weighted by Gasteiger charge is 2.08. The van der Waals surface area contributed by atoms with Crippen LogP contribution in [-0.2, 0) is 9.09 Å². The van der Waals surface area contributed by atoms with Gasteiger partial charge in [-0.15, -0.1) is 0 Å². The van der Waals surface area contributed by atoms with E-state index < -0.39 is 7.82 Å². The number of H-pyrrole nitrogens is 1. The van der Waals surface area contributed by atoms with Crippen molar-refractivity contribution in [2.24, 2.45) is 0 Å². The van der Waals surface area contributed by atoms with Crippen molar-refractivity contribution in [3.8, 4) is 0 Å². The number of phosphoric ester groups is 1. The van der Waals surface area contributed by atoms with Gasteiger partial charge in [0.1, 0.15) is 13.2 Å². The monoisotopic (exact) mass is 251 g/mol. The fourth-order valence-corrected chi connectivity index (χ4v) is 0.958. The number of phosphoric acid groups is 1. The number of nitrogens with zero attached hydrogens (tertiary/aromatic N) is 2. The fraction of sp³-hybridized carbons (Fsp3) is 0.625. The maximum atomic E-state index is 10.1. The third-order valence-corrected chi connectivity index (χ3v) is 1.93. The van der Waals surface area contributed by atoms with Gasteiger partial charge in [-0.3, -0.25) is 4.57 Å². The second kappa shape index (κ2) is 6.78. The average Bonchev–Trinajstić information content (AvgIpc) is 2.54. The number of nitrogens with one attached hydrogen (secondary N) is 1. The van der Waals surface area contributed by atoms with Gasteiger partial charge in [-0.1, -0.05) is 0 Å². The molecule has 8 heteroatoms. The lowest BCUT2D eigenvalue weighted by molar-refractivity contribution is -0.870. The van der Waals surface area contributed by atoms with E-state index in [9.17, 15) is 9.46 Å². The number of likely N-dealkylation sites (N-methyl/N-ethyl adjacent to an activating group) is 1. The minimum atomic E-state index is -4.51. The molecule has 0 spiro atoms. The maximum absolute atomic E-state index is 10.1. The molecule has 1 heterocycles. The molecule has 0 aromatic carbocycles. The van der Waals surface area contributed by atoms with Gasteiger partial charge >= 0.3 is 0 Å². The molecule has 1 unspecified atom stereocenters. The Bertz CT molecular complexity index is 286. The summed E-state index contributed by atoms with van der Waals surface area (Å²) in [7, 11) is 1.19. The molecule has 0 aliphatic rings. The number of hydrogen-bond acceptors (Lipinski definition) is 4. The topological polar surface area (TPSA) is 98.3 Å². The normalized spacial score (nSPS) is 14.8. The lowest BCUT2D eigenvalue weighted by atomic mass is 10.5. The van der Waals surface area contributed by atoms with Gasteiger partial charge in [0, 0.05) is 12.4 Å². The Morgan fingerprint density at radius 2 is 2.19 bits per heavy atom. The molecule has 0 aliphatic carbocycles. The summed E-state index contributed by atoms with van der Waals surface area (Å²) < 4.78 is 14.8. The second-order valence-electron chi connectivity index (χ2n) is 4.08. The smallest absolute Gasteiger partial charge is 0.265 e. The number of imidazole rings is 1. The van der Waals surface area contributed by atoms with E-state index in [-0.39, 0.29) is 6.61 Å². The van der Waals surface area contributed by atoms with Crippen LogP contribution in [0.15, 0.2) is 18.7 Å². The van der Waals surface area contributed by atoms with Crippen LogP contribution in [-0.4, -0.2) is 53.6 Å². The van der Waals surface area contributed by atoms with Crippen molar-refractivity contribution in [2.75, 3.05) is 34.3 Å². The predicted molar refractivity (Wildman–Crippen MR) is 57.3 cm³/mol. The lowest BCUT2D eigenvalue weighted by Gasteiger charge is -2.25. The van der Waals surface area contributed by atoms with Crippen LogP contribution in [0.3, 0.4) is 0 Å². The van der Waals surface area contributed by atoms with Gasteiger partial charge < -0.3 is 23.8 Å². The van der Waals surface area contributed by atoms with Crippen molar-refractivity contribution in [1.82, 2.24) is 9.97 Å². The van der Waals surface area contributed by atoms with E-state index >= 15 is 0 Å². The molecule has 0 bridgehead atoms. The first-order valence-electron chi connectivity index (χ1n) is 4.62. The molecule has 0 radical (unpaired) electrons. The highest BCUT2D eigenvalue weighted by molar-refractivity contribution is 7.44. The zero-order chi connectivity index (χ0) is 12.7. The minimum absolute atomic E-state index is 0.0147. The minimum Gasteiger partial charge on any atom is -0.756 e. The van der Waals surface area contributed by atoms with Crippen molar-refractivity contribution >= 4 is 7.82 Å². The molecule has 2 N–H and O–H groups in total. The van der Waals surface area contributed by atoms with Gasteiger partial charge in [0.15, 0.2) is 0 Å². The molecule has 16 heavy (non-hydrogen) atoms. The van der Waals surface area contributed by atoms with Crippen molar-refractivity contribution in [1.29, 1.82) is 0 Å². The van der Waals surface area contributed by atoms with Crippen LogP contribution in [0.2, 0.25) is 0 Å². The van der Waals surface area contributed by atoms with Gasteiger partial charge in [0.2, 0.25) is 0 Å². The van der Waals surface area contributed by atoms with Crippen molar-refractivity contribution in [3.05, 3.63) is 18.7 Å². The summed E-state index contributed by atoms with van der Waals surface area (Å²) in [5.41, 5.74) is 0. The lowest BCUT2D eigenvalue weighted by Crippen LogP contribution is -2.37. The van der Waals surface area contributed by atoms with Crippen molar-refractivity contribution in [3.63, 3.8) is 0 Å². The molecule has 94 valence electrons. The van der Waals surface area contributed by atoms with E-state index in [1.165, 1.54) is 0 Å². The summed E-state index contributed by atoms with van der Waals surface area (Å²) in [4.78, 5) is 24.7. The van der Waals surface area contributed by atoms with Crippen LogP contribution in [0, 0.1) is 0 Å². The predicted octanol–water partition coefficient (Wildman–Crippen LogP) is -0.420. The maximum Gasteiger partial charge on any atom is 0.265 e. The molecule has 1 rings (SSSR count). The number of aromatic amines is 1. The molecule has 0 saturated carbocycles. The molecular weight excluding hydrogens is 233 g/mol. The van der Waals surface area contributed by atoms with E-state index in [1.807, 2.05) is 21.1 Å². The first kappa shape index (κ1) is 15.3. The summed E-state index contributed by atoms with van der Waals surface area (Å²) in [5, 5.41) is 0. The van der Waals surface area contributed by atoms with E-state index in [0.29, 0.717) is 11.0 Å². The van der Waals surface area contributed by atoms with Crippen molar-refractivity contribution < 1.29 is 23.4 Å². The Morgan fingerprint density at radius 1 is 1.56 bits per heavy atom. The second-order valence-corrected chi connectivity index (χ2v) is 5.27.